The Kier molecular flexibility index (Phi) is 5.08. The van der Waals surface area contributed by atoms with Gasteiger partial charge < -0.3 is 11.1 Å². The smallest absolute Gasteiger partial charge is 0.267 e. The molecule has 0 aliphatic carbocycles. The van der Waals surface area contributed by atoms with E-state index in [4.69, 9.17) is 11.0 Å². The van der Waals surface area contributed by atoms with Gasteiger partial charge in [0.05, 0.1) is 17.7 Å². The summed E-state index contributed by atoms with van der Waals surface area (Å²) in [5.74, 6) is -0.363. The van der Waals surface area contributed by atoms with E-state index in [9.17, 15) is 9.59 Å². The summed E-state index contributed by atoms with van der Waals surface area (Å²) in [6.07, 6.45) is 2.50. The molecule has 3 aromatic rings. The highest BCUT2D eigenvalue weighted by atomic mass is 16.2. The van der Waals surface area contributed by atoms with E-state index in [2.05, 4.69) is 25.4 Å². The van der Waals surface area contributed by atoms with Crippen molar-refractivity contribution in [3.63, 3.8) is 0 Å². The number of nitriles is 1. The maximum Gasteiger partial charge on any atom is 0.267 e. The Labute approximate surface area is 160 Å². The normalized spacial score (nSPS) is 11.5. The van der Waals surface area contributed by atoms with Gasteiger partial charge in [0, 0.05) is 11.6 Å². The number of nitrogens with zero attached hydrogens (tertiary/aromatic N) is 6. The lowest BCUT2D eigenvalue weighted by molar-refractivity contribution is 0.0936. The number of nitrogens with one attached hydrogen (secondary N) is 1. The lowest BCUT2D eigenvalue weighted by Crippen LogP contribution is -2.29. The van der Waals surface area contributed by atoms with E-state index in [0.29, 0.717) is 22.8 Å². The highest BCUT2D eigenvalue weighted by Crippen LogP contribution is 2.15. The Hall–Kier alpha value is -4.13. The van der Waals surface area contributed by atoms with Crippen LogP contribution in [-0.2, 0) is 0 Å². The van der Waals surface area contributed by atoms with Crippen LogP contribution in [0.1, 0.15) is 50.8 Å². The van der Waals surface area contributed by atoms with Gasteiger partial charge >= 0.3 is 0 Å². The van der Waals surface area contributed by atoms with E-state index in [1.807, 2.05) is 13.0 Å². The first kappa shape index (κ1) is 18.7. The first-order valence-electron chi connectivity index (χ1n) is 8.24. The van der Waals surface area contributed by atoms with Crippen LogP contribution in [0.25, 0.3) is 5.82 Å². The largest absolute Gasteiger partial charge is 0.364 e. The number of nitrogens with two attached hydrogens (primary N) is 1. The van der Waals surface area contributed by atoms with Crippen molar-refractivity contribution in [1.29, 1.82) is 5.26 Å². The number of aromatic nitrogens is 5. The van der Waals surface area contributed by atoms with Crippen molar-refractivity contribution in [1.82, 2.24) is 30.0 Å². The quantitative estimate of drug-likeness (QED) is 0.668. The molecule has 1 aromatic carbocycles. The molecule has 10 heteroatoms. The van der Waals surface area contributed by atoms with E-state index in [-0.39, 0.29) is 11.6 Å². The molecular weight excluding hydrogens is 360 g/mol. The first-order chi connectivity index (χ1) is 13.4. The van der Waals surface area contributed by atoms with E-state index in [1.54, 1.807) is 19.1 Å². The van der Waals surface area contributed by atoms with Crippen molar-refractivity contribution in [2.75, 3.05) is 0 Å². The number of benzene rings is 1. The monoisotopic (exact) mass is 376 g/mol. The number of carbonyl (C=O) groups excluding carboxylic acids is 2. The van der Waals surface area contributed by atoms with Crippen LogP contribution in [0, 0.1) is 18.3 Å². The summed E-state index contributed by atoms with van der Waals surface area (Å²) in [6, 6.07) is 7.79. The summed E-state index contributed by atoms with van der Waals surface area (Å²) >= 11 is 0. The van der Waals surface area contributed by atoms with Gasteiger partial charge in [0.25, 0.3) is 11.8 Å². The molecule has 1 atom stereocenters. The van der Waals surface area contributed by atoms with Gasteiger partial charge in [-0.05, 0) is 37.6 Å². The van der Waals surface area contributed by atoms with Crippen molar-refractivity contribution in [3.8, 4) is 11.9 Å². The van der Waals surface area contributed by atoms with Crippen molar-refractivity contribution < 1.29 is 9.59 Å². The topological polar surface area (TPSA) is 152 Å². The molecule has 0 fully saturated rings. The van der Waals surface area contributed by atoms with Crippen LogP contribution < -0.4 is 11.1 Å². The van der Waals surface area contributed by atoms with Crippen molar-refractivity contribution >= 4 is 11.8 Å². The molecule has 0 aliphatic heterocycles. The molecular formula is C18H16N8O2. The third-order valence-corrected chi connectivity index (χ3v) is 3.90. The zero-order chi connectivity index (χ0) is 20.3. The van der Waals surface area contributed by atoms with Crippen LogP contribution in [0.2, 0.25) is 0 Å². The number of rotatable bonds is 5. The zero-order valence-corrected chi connectivity index (χ0v) is 15.1. The second-order valence-corrected chi connectivity index (χ2v) is 6.05. The lowest BCUT2D eigenvalue weighted by Gasteiger charge is -2.15. The van der Waals surface area contributed by atoms with Gasteiger partial charge in [0.1, 0.15) is 18.3 Å². The third kappa shape index (κ3) is 3.83. The minimum atomic E-state index is -0.695. The van der Waals surface area contributed by atoms with Crippen LogP contribution >= 0.6 is 0 Å². The van der Waals surface area contributed by atoms with E-state index >= 15 is 0 Å². The molecule has 140 valence electrons. The third-order valence-electron chi connectivity index (χ3n) is 3.90. The molecule has 0 saturated heterocycles. The van der Waals surface area contributed by atoms with Gasteiger partial charge in [-0.2, -0.15) is 15.0 Å². The molecule has 2 amide bonds. The minimum Gasteiger partial charge on any atom is -0.364 e. The summed E-state index contributed by atoms with van der Waals surface area (Å²) < 4.78 is 1.38. The SMILES string of the molecule is Cc1cc(C#N)cc(C(=O)N[C@@H](C)c2ncnn2-c2cc(C(N)=O)ncn2)c1. The number of aryl methyl sites for hydroxylation is 1. The molecule has 0 aliphatic rings. The maximum atomic E-state index is 12.6. The maximum absolute atomic E-state index is 12.6. The van der Waals surface area contributed by atoms with Crippen LogP contribution in [0.15, 0.2) is 36.9 Å². The van der Waals surface area contributed by atoms with Crippen LogP contribution in [0.4, 0.5) is 0 Å². The average Bonchev–Trinajstić information content (AvgIpc) is 3.17. The zero-order valence-electron chi connectivity index (χ0n) is 15.1. The number of hydrogen-bond donors (Lipinski definition) is 2. The molecule has 3 rings (SSSR count). The van der Waals surface area contributed by atoms with Crippen molar-refractivity contribution in [2.24, 2.45) is 5.73 Å². The summed E-state index contributed by atoms with van der Waals surface area (Å²) in [4.78, 5) is 36.0. The number of amides is 2. The lowest BCUT2D eigenvalue weighted by atomic mass is 10.1. The van der Waals surface area contributed by atoms with Gasteiger partial charge in [-0.15, -0.1) is 0 Å². The highest BCUT2D eigenvalue weighted by Gasteiger charge is 2.19. The van der Waals surface area contributed by atoms with E-state index in [0.717, 1.165) is 5.56 Å². The van der Waals surface area contributed by atoms with Crippen molar-refractivity contribution in [2.45, 2.75) is 19.9 Å². The van der Waals surface area contributed by atoms with E-state index in [1.165, 1.54) is 29.5 Å². The van der Waals surface area contributed by atoms with Gasteiger partial charge in [0.15, 0.2) is 11.6 Å². The van der Waals surface area contributed by atoms with Gasteiger partial charge in [0.2, 0.25) is 0 Å². The van der Waals surface area contributed by atoms with Crippen molar-refractivity contribution in [3.05, 3.63) is 65.1 Å². The summed E-state index contributed by atoms with van der Waals surface area (Å²) in [5.41, 5.74) is 6.86. The Morgan fingerprint density at radius 3 is 2.68 bits per heavy atom. The molecule has 0 bridgehead atoms. The fraction of sp³-hybridized carbons (Fsp3) is 0.167. The van der Waals surface area contributed by atoms with Crippen LogP contribution in [0.5, 0.6) is 0 Å². The summed E-state index contributed by atoms with van der Waals surface area (Å²) in [7, 11) is 0. The van der Waals surface area contributed by atoms with Crippen LogP contribution in [-0.4, -0.2) is 36.5 Å². The molecule has 2 aromatic heterocycles. The van der Waals surface area contributed by atoms with Gasteiger partial charge in [-0.25, -0.2) is 15.0 Å². The second-order valence-electron chi connectivity index (χ2n) is 6.05. The second kappa shape index (κ2) is 7.63. The minimum absolute atomic E-state index is 0.0342. The van der Waals surface area contributed by atoms with Gasteiger partial charge in [-0.1, -0.05) is 0 Å². The molecule has 0 spiro atoms. The first-order valence-corrected chi connectivity index (χ1v) is 8.24. The Bertz CT molecular complexity index is 1100. The standard InChI is InChI=1S/C18H16N8O2/c1-10-3-12(7-19)5-13(4-10)18(28)25-11(2)17-23-9-24-26(17)15-6-14(16(20)27)21-8-22-15/h3-6,8-9,11H,1-2H3,(H2,20,27)(H,25,28)/t11-/m0/s1. The molecule has 3 N–H and O–H groups in total. The molecule has 10 nitrogen and oxygen atoms in total. The fourth-order valence-electron chi connectivity index (χ4n) is 2.64. The number of primary amides is 1. The van der Waals surface area contributed by atoms with Gasteiger partial charge in [-0.3, -0.25) is 9.59 Å². The Morgan fingerprint density at radius 2 is 1.96 bits per heavy atom. The predicted octanol–water partition coefficient (Wildman–Crippen LogP) is 0.827. The summed E-state index contributed by atoms with van der Waals surface area (Å²) in [5, 5.41) is 16.0. The number of hydrogen-bond acceptors (Lipinski definition) is 7. The molecule has 0 saturated carbocycles. The van der Waals surface area contributed by atoms with E-state index < -0.39 is 11.9 Å². The summed E-state index contributed by atoms with van der Waals surface area (Å²) in [6.45, 7) is 3.54. The molecule has 2 heterocycles. The number of carbonyl (C=O) groups is 2. The Balaban J connectivity index is 1.86. The molecule has 0 radical (unpaired) electrons. The fourth-order valence-corrected chi connectivity index (χ4v) is 2.64. The molecule has 0 unspecified atom stereocenters. The van der Waals surface area contributed by atoms with Crippen LogP contribution in [0.3, 0.4) is 0 Å². The Morgan fingerprint density at radius 1 is 1.18 bits per heavy atom. The average molecular weight is 376 g/mol. The predicted molar refractivity (Wildman–Crippen MR) is 97.2 cm³/mol. The highest BCUT2D eigenvalue weighted by molar-refractivity contribution is 5.95. The molecule has 28 heavy (non-hydrogen) atoms.